The molecule has 1 aromatic heterocycles. The minimum atomic E-state index is -0.522. The van der Waals surface area contributed by atoms with Gasteiger partial charge in [-0.1, -0.05) is 41.5 Å². The number of hydrogen-bond acceptors (Lipinski definition) is 3. The van der Waals surface area contributed by atoms with Gasteiger partial charge >= 0.3 is 0 Å². The lowest BCUT2D eigenvalue weighted by molar-refractivity contribution is -0.123. The summed E-state index contributed by atoms with van der Waals surface area (Å²) in [4.78, 5) is 28.2. The molecule has 1 aromatic rings. The molecule has 0 bridgehead atoms. The second-order valence-corrected chi connectivity index (χ2v) is 7.79. The highest BCUT2D eigenvalue weighted by atomic mass is 79.9. The normalized spacial score (nSPS) is 12.0. The van der Waals surface area contributed by atoms with Gasteiger partial charge < -0.3 is 10.6 Å². The van der Waals surface area contributed by atoms with Crippen molar-refractivity contribution in [3.8, 4) is 0 Å². The number of pyridine rings is 1. The van der Waals surface area contributed by atoms with Crippen LogP contribution in [0.4, 0.5) is 11.6 Å². The first-order chi connectivity index (χ1) is 9.41. The summed E-state index contributed by atoms with van der Waals surface area (Å²) in [5.74, 6) is 0.518. The van der Waals surface area contributed by atoms with E-state index < -0.39 is 10.8 Å². The number of aromatic nitrogens is 1. The minimum Gasteiger partial charge on any atom is -0.310 e. The number of anilines is 2. The fourth-order valence-corrected chi connectivity index (χ4v) is 1.52. The number of hydrogen-bond donors (Lipinski definition) is 2. The molecule has 1 rings (SSSR count). The SMILES string of the molecule is CC(C)(C)C(=O)Nc1ccc(Br)c(NC(=O)C(C)(C)C)n1. The maximum Gasteiger partial charge on any atom is 0.230 e. The van der Waals surface area contributed by atoms with Gasteiger partial charge in [-0.3, -0.25) is 9.59 Å². The molecule has 0 fully saturated rings. The van der Waals surface area contributed by atoms with Gasteiger partial charge in [-0.2, -0.15) is 0 Å². The molecule has 2 amide bonds. The Morgan fingerprint density at radius 2 is 1.43 bits per heavy atom. The molecule has 6 heteroatoms. The van der Waals surface area contributed by atoms with E-state index in [9.17, 15) is 9.59 Å². The molecule has 2 N–H and O–H groups in total. The molecule has 116 valence electrons. The fraction of sp³-hybridized carbons (Fsp3) is 0.533. The quantitative estimate of drug-likeness (QED) is 0.846. The molecule has 1 heterocycles. The van der Waals surface area contributed by atoms with Gasteiger partial charge in [0.1, 0.15) is 11.6 Å². The second kappa shape index (κ2) is 6.13. The first kappa shape index (κ1) is 17.6. The van der Waals surface area contributed by atoms with Gasteiger partial charge in [0.15, 0.2) is 0 Å². The van der Waals surface area contributed by atoms with Gasteiger partial charge in [-0.05, 0) is 28.1 Å². The Morgan fingerprint density at radius 1 is 0.952 bits per heavy atom. The van der Waals surface area contributed by atoms with E-state index in [1.54, 1.807) is 12.1 Å². The summed E-state index contributed by atoms with van der Waals surface area (Å²) in [7, 11) is 0. The Bertz CT molecular complexity index is 557. The van der Waals surface area contributed by atoms with Crippen molar-refractivity contribution in [2.75, 3.05) is 10.6 Å². The largest absolute Gasteiger partial charge is 0.310 e. The number of rotatable bonds is 2. The van der Waals surface area contributed by atoms with Crippen molar-refractivity contribution in [1.82, 2.24) is 4.98 Å². The predicted octanol–water partition coefficient (Wildman–Crippen LogP) is 3.81. The number of halogens is 1. The van der Waals surface area contributed by atoms with Crippen molar-refractivity contribution in [3.05, 3.63) is 16.6 Å². The molecular weight excluding hydrogens is 334 g/mol. The van der Waals surface area contributed by atoms with Crippen LogP contribution in [0.5, 0.6) is 0 Å². The van der Waals surface area contributed by atoms with Gasteiger partial charge in [-0.25, -0.2) is 4.98 Å². The molecule has 0 saturated carbocycles. The van der Waals surface area contributed by atoms with Crippen LogP contribution < -0.4 is 10.6 Å². The predicted molar refractivity (Wildman–Crippen MR) is 88.1 cm³/mol. The Kier molecular flexibility index (Phi) is 5.15. The molecule has 0 saturated heterocycles. The van der Waals surface area contributed by atoms with Crippen LogP contribution in [0.3, 0.4) is 0 Å². The Morgan fingerprint density at radius 3 is 1.90 bits per heavy atom. The topological polar surface area (TPSA) is 71.1 Å². The van der Waals surface area contributed by atoms with Gasteiger partial charge in [0.2, 0.25) is 11.8 Å². The third-order valence-corrected chi connectivity index (χ3v) is 3.32. The average Bonchev–Trinajstić information content (AvgIpc) is 2.30. The number of carbonyl (C=O) groups is 2. The Hall–Kier alpha value is -1.43. The van der Waals surface area contributed by atoms with Gasteiger partial charge in [0.05, 0.1) is 4.47 Å². The van der Waals surface area contributed by atoms with Crippen LogP contribution in [-0.4, -0.2) is 16.8 Å². The van der Waals surface area contributed by atoms with Gasteiger partial charge in [0, 0.05) is 10.8 Å². The van der Waals surface area contributed by atoms with Crippen LogP contribution in [0, 0.1) is 10.8 Å². The van der Waals surface area contributed by atoms with Crippen molar-refractivity contribution < 1.29 is 9.59 Å². The molecule has 0 aromatic carbocycles. The summed E-state index contributed by atoms with van der Waals surface area (Å²) >= 11 is 3.34. The standard InChI is InChI=1S/C15H22BrN3O2/c1-14(2,3)12(20)18-10-8-7-9(16)11(17-10)19-13(21)15(4,5)6/h7-8H,1-6H3,(H2,17,18,19,20,21). The lowest BCUT2D eigenvalue weighted by atomic mass is 9.96. The van der Waals surface area contributed by atoms with Crippen molar-refractivity contribution in [1.29, 1.82) is 0 Å². The smallest absolute Gasteiger partial charge is 0.230 e. The summed E-state index contributed by atoms with van der Waals surface area (Å²) in [5.41, 5.74) is -1.03. The van der Waals surface area contributed by atoms with E-state index in [1.807, 2.05) is 41.5 Å². The molecule has 0 aliphatic heterocycles. The first-order valence-electron chi connectivity index (χ1n) is 6.71. The fourth-order valence-electron chi connectivity index (χ4n) is 1.20. The first-order valence-corrected chi connectivity index (χ1v) is 7.50. The van der Waals surface area contributed by atoms with Crippen LogP contribution >= 0.6 is 15.9 Å². The Balaban J connectivity index is 2.96. The van der Waals surface area contributed by atoms with Crippen LogP contribution in [0.1, 0.15) is 41.5 Å². The highest BCUT2D eigenvalue weighted by Gasteiger charge is 2.24. The molecule has 5 nitrogen and oxygen atoms in total. The molecule has 0 unspecified atom stereocenters. The van der Waals surface area contributed by atoms with Crippen LogP contribution in [0.2, 0.25) is 0 Å². The number of nitrogens with one attached hydrogen (secondary N) is 2. The molecule has 0 aliphatic carbocycles. The maximum absolute atomic E-state index is 12.0. The highest BCUT2D eigenvalue weighted by molar-refractivity contribution is 9.10. The van der Waals surface area contributed by atoms with E-state index >= 15 is 0 Å². The maximum atomic E-state index is 12.0. The van der Waals surface area contributed by atoms with E-state index in [0.29, 0.717) is 16.1 Å². The lowest BCUT2D eigenvalue weighted by Crippen LogP contribution is -2.29. The monoisotopic (exact) mass is 355 g/mol. The summed E-state index contributed by atoms with van der Waals surface area (Å²) in [6.07, 6.45) is 0. The number of nitrogens with zero attached hydrogens (tertiary/aromatic N) is 1. The van der Waals surface area contributed by atoms with Crippen molar-refractivity contribution in [2.45, 2.75) is 41.5 Å². The second-order valence-electron chi connectivity index (χ2n) is 6.94. The van der Waals surface area contributed by atoms with E-state index in [0.717, 1.165) is 0 Å². The van der Waals surface area contributed by atoms with Gasteiger partial charge in [-0.15, -0.1) is 0 Å². The molecule has 0 radical (unpaired) electrons. The van der Waals surface area contributed by atoms with Crippen LogP contribution in [-0.2, 0) is 9.59 Å². The number of amides is 2. The number of carbonyl (C=O) groups excluding carboxylic acids is 2. The zero-order valence-electron chi connectivity index (χ0n) is 13.3. The van der Waals surface area contributed by atoms with Gasteiger partial charge in [0.25, 0.3) is 0 Å². The summed E-state index contributed by atoms with van der Waals surface area (Å²) in [6.45, 7) is 10.9. The van der Waals surface area contributed by atoms with E-state index in [-0.39, 0.29) is 11.8 Å². The van der Waals surface area contributed by atoms with Crippen molar-refractivity contribution >= 4 is 39.4 Å². The minimum absolute atomic E-state index is 0.134. The summed E-state index contributed by atoms with van der Waals surface area (Å²) < 4.78 is 0.661. The third-order valence-electron chi connectivity index (χ3n) is 2.68. The van der Waals surface area contributed by atoms with Crippen molar-refractivity contribution in [2.24, 2.45) is 10.8 Å². The highest BCUT2D eigenvalue weighted by Crippen LogP contribution is 2.25. The molecule has 0 aliphatic rings. The zero-order chi connectivity index (χ0) is 16.4. The van der Waals surface area contributed by atoms with E-state index in [1.165, 1.54) is 0 Å². The molecular formula is C15H22BrN3O2. The molecule has 0 atom stereocenters. The van der Waals surface area contributed by atoms with Crippen molar-refractivity contribution in [3.63, 3.8) is 0 Å². The Labute approximate surface area is 134 Å². The molecule has 21 heavy (non-hydrogen) atoms. The molecule has 0 spiro atoms. The third kappa shape index (κ3) is 5.12. The zero-order valence-corrected chi connectivity index (χ0v) is 14.9. The van der Waals surface area contributed by atoms with Crippen LogP contribution in [0.25, 0.3) is 0 Å². The van der Waals surface area contributed by atoms with Crippen LogP contribution in [0.15, 0.2) is 16.6 Å². The lowest BCUT2D eigenvalue weighted by Gasteiger charge is -2.19. The summed E-state index contributed by atoms with van der Waals surface area (Å²) in [5, 5.41) is 5.49. The van der Waals surface area contributed by atoms with E-state index in [4.69, 9.17) is 0 Å². The average molecular weight is 356 g/mol. The summed E-state index contributed by atoms with van der Waals surface area (Å²) in [6, 6.07) is 3.42. The van der Waals surface area contributed by atoms with E-state index in [2.05, 4.69) is 31.5 Å².